The Balaban J connectivity index is 1.53. The van der Waals surface area contributed by atoms with Gasteiger partial charge in [-0.3, -0.25) is 4.79 Å². The lowest BCUT2D eigenvalue weighted by atomic mass is 9.80. The van der Waals surface area contributed by atoms with Crippen molar-refractivity contribution in [3.63, 3.8) is 0 Å². The molecule has 5 unspecified atom stereocenters. The van der Waals surface area contributed by atoms with E-state index in [9.17, 15) is 4.79 Å². The SMILES string of the molecule is COC(=O)C1C2[C@@H]3[C@H]4C5CC6[C@H]4[C@H]2[C@H]2C1[C@H]3[C@H]5[C@H]62. The number of hydrogen-bond donors (Lipinski definition) is 0. The normalized spacial score (nSPS) is 81.1. The largest absolute Gasteiger partial charge is 0.469 e. The zero-order chi connectivity index (χ0) is 11.5. The van der Waals surface area contributed by atoms with Gasteiger partial charge in [0, 0.05) is 0 Å². The minimum Gasteiger partial charge on any atom is -0.469 e. The maximum atomic E-state index is 12.2. The Hall–Kier alpha value is -0.530. The molecule has 0 radical (unpaired) electrons. The van der Waals surface area contributed by atoms with E-state index in [-0.39, 0.29) is 5.97 Å². The van der Waals surface area contributed by atoms with Crippen molar-refractivity contribution in [2.45, 2.75) is 6.42 Å². The van der Waals surface area contributed by atoms with Crippen LogP contribution in [0.15, 0.2) is 0 Å². The number of carbonyl (C=O) groups excluding carboxylic acids is 1. The molecule has 8 aliphatic rings. The Kier molecular flexibility index (Phi) is 0.997. The molecule has 8 saturated carbocycles. The zero-order valence-corrected chi connectivity index (χ0v) is 10.5. The Labute approximate surface area is 106 Å². The van der Waals surface area contributed by atoms with Gasteiger partial charge in [-0.05, 0) is 77.4 Å². The molecule has 2 heteroatoms. The number of methoxy groups -OCH3 is 1. The molecule has 8 aliphatic carbocycles. The van der Waals surface area contributed by atoms with Crippen LogP contribution in [0.3, 0.4) is 0 Å². The van der Waals surface area contributed by atoms with Gasteiger partial charge in [0.15, 0.2) is 0 Å². The Morgan fingerprint density at radius 3 is 1.61 bits per heavy atom. The molecule has 0 amide bonds. The van der Waals surface area contributed by atoms with Crippen LogP contribution in [0.4, 0.5) is 0 Å². The highest BCUT2D eigenvalue weighted by atomic mass is 16.5. The van der Waals surface area contributed by atoms with Gasteiger partial charge in [0.05, 0.1) is 13.0 Å². The number of rotatable bonds is 1. The highest BCUT2D eigenvalue weighted by Gasteiger charge is 2.91. The van der Waals surface area contributed by atoms with Gasteiger partial charge in [-0.15, -0.1) is 0 Å². The van der Waals surface area contributed by atoms with Crippen molar-refractivity contribution in [3.8, 4) is 0 Å². The lowest BCUT2D eigenvalue weighted by Gasteiger charge is -2.25. The van der Waals surface area contributed by atoms with Gasteiger partial charge in [-0.2, -0.15) is 0 Å². The van der Waals surface area contributed by atoms with Crippen LogP contribution in [0, 0.1) is 76.9 Å². The topological polar surface area (TPSA) is 26.3 Å². The summed E-state index contributed by atoms with van der Waals surface area (Å²) >= 11 is 0. The van der Waals surface area contributed by atoms with E-state index in [1.165, 1.54) is 0 Å². The summed E-state index contributed by atoms with van der Waals surface area (Å²) < 4.78 is 5.16. The van der Waals surface area contributed by atoms with Gasteiger partial charge < -0.3 is 4.74 Å². The predicted octanol–water partition coefficient (Wildman–Crippen LogP) is 1.66. The molecule has 0 heterocycles. The van der Waals surface area contributed by atoms with Crippen LogP contribution in [-0.2, 0) is 9.53 Å². The molecular formula is C16H18O2. The molecule has 8 fully saturated rings. The van der Waals surface area contributed by atoms with Gasteiger partial charge in [-0.1, -0.05) is 0 Å². The first-order valence-electron chi connectivity index (χ1n) is 7.92. The van der Waals surface area contributed by atoms with E-state index in [4.69, 9.17) is 4.74 Å². The van der Waals surface area contributed by atoms with E-state index in [1.54, 1.807) is 13.5 Å². The van der Waals surface area contributed by atoms with Crippen LogP contribution < -0.4 is 0 Å². The van der Waals surface area contributed by atoms with Crippen molar-refractivity contribution < 1.29 is 9.53 Å². The highest BCUT2D eigenvalue weighted by Crippen LogP contribution is 2.93. The molecule has 2 nitrogen and oxygen atoms in total. The molecule has 94 valence electrons. The van der Waals surface area contributed by atoms with Crippen LogP contribution in [0.5, 0.6) is 0 Å². The molecule has 13 atom stereocenters. The van der Waals surface area contributed by atoms with Gasteiger partial charge in [0.1, 0.15) is 0 Å². The smallest absolute Gasteiger partial charge is 0.309 e. The second kappa shape index (κ2) is 2.09. The van der Waals surface area contributed by atoms with Gasteiger partial charge in [0.2, 0.25) is 0 Å². The minimum absolute atomic E-state index is 0.154. The summed E-state index contributed by atoms with van der Waals surface area (Å²) in [7, 11) is 1.60. The van der Waals surface area contributed by atoms with Crippen molar-refractivity contribution in [1.29, 1.82) is 0 Å². The van der Waals surface area contributed by atoms with Crippen LogP contribution in [0.25, 0.3) is 0 Å². The third-order valence-electron chi connectivity index (χ3n) is 9.16. The average Bonchev–Trinajstić information content (AvgIpc) is 3.04. The molecular weight excluding hydrogens is 224 g/mol. The van der Waals surface area contributed by atoms with Crippen molar-refractivity contribution in [3.05, 3.63) is 0 Å². The second-order valence-electron chi connectivity index (χ2n) is 8.39. The van der Waals surface area contributed by atoms with Crippen molar-refractivity contribution in [2.75, 3.05) is 7.11 Å². The fraction of sp³-hybridized carbons (Fsp3) is 0.938. The lowest BCUT2D eigenvalue weighted by Crippen LogP contribution is -2.23. The number of carbonyl (C=O) groups is 1. The van der Waals surface area contributed by atoms with E-state index in [0.29, 0.717) is 5.92 Å². The van der Waals surface area contributed by atoms with E-state index in [0.717, 1.165) is 71.0 Å². The molecule has 0 N–H and O–H groups in total. The maximum absolute atomic E-state index is 12.2. The molecule has 0 aromatic heterocycles. The first kappa shape index (κ1) is 8.60. The van der Waals surface area contributed by atoms with Crippen molar-refractivity contribution in [2.24, 2.45) is 76.9 Å². The minimum atomic E-state index is 0.154. The van der Waals surface area contributed by atoms with Gasteiger partial charge in [-0.25, -0.2) is 0 Å². The summed E-state index contributed by atoms with van der Waals surface area (Å²) in [6.07, 6.45) is 1.59. The molecule has 4 bridgehead atoms. The highest BCUT2D eigenvalue weighted by molar-refractivity contribution is 5.75. The quantitative estimate of drug-likeness (QED) is 0.654. The van der Waals surface area contributed by atoms with Crippen molar-refractivity contribution in [1.82, 2.24) is 0 Å². The van der Waals surface area contributed by atoms with E-state index in [1.807, 2.05) is 0 Å². The Morgan fingerprint density at radius 1 is 0.778 bits per heavy atom. The van der Waals surface area contributed by atoms with Gasteiger partial charge in [0.25, 0.3) is 0 Å². The molecule has 0 spiro atoms. The molecule has 0 aromatic rings. The molecule has 0 saturated heterocycles. The Bertz CT molecular complexity index is 457. The molecule has 0 aromatic carbocycles. The first-order chi connectivity index (χ1) is 8.84. The molecule has 18 heavy (non-hydrogen) atoms. The summed E-state index contributed by atoms with van der Waals surface area (Å²) in [5.74, 6) is 12.4. The molecule has 0 aliphatic heterocycles. The third kappa shape index (κ3) is 0.488. The van der Waals surface area contributed by atoms with Crippen LogP contribution in [0.1, 0.15) is 6.42 Å². The van der Waals surface area contributed by atoms with Gasteiger partial charge >= 0.3 is 5.97 Å². The Morgan fingerprint density at radius 2 is 1.22 bits per heavy atom. The summed E-state index contributed by atoms with van der Waals surface area (Å²) in [6.45, 7) is 0. The standard InChI is InChI=1S/C16H18O2/c1-18-16(17)15-13-9-5-3-2-4-7(5)11(13)12-8(4)6(3)10(9)14(12)15/h3-15H,2H2,1H3/t3?,4?,5-,6+,7+,8-,9-,10-,11-,12+,13?,14?,15?/m0/s1. The predicted molar refractivity (Wildman–Crippen MR) is 62.0 cm³/mol. The summed E-state index contributed by atoms with van der Waals surface area (Å²) in [6, 6.07) is 0. The van der Waals surface area contributed by atoms with Crippen LogP contribution in [0.2, 0.25) is 0 Å². The van der Waals surface area contributed by atoms with E-state index in [2.05, 4.69) is 0 Å². The number of ether oxygens (including phenoxy) is 1. The zero-order valence-electron chi connectivity index (χ0n) is 10.5. The second-order valence-corrected chi connectivity index (χ2v) is 8.39. The number of esters is 1. The van der Waals surface area contributed by atoms with E-state index >= 15 is 0 Å². The summed E-state index contributed by atoms with van der Waals surface area (Å²) in [5.41, 5.74) is 0. The maximum Gasteiger partial charge on any atom is 0.309 e. The fourth-order valence-electron chi connectivity index (χ4n) is 10.0. The fourth-order valence-corrected chi connectivity index (χ4v) is 10.0. The lowest BCUT2D eigenvalue weighted by molar-refractivity contribution is -0.147. The van der Waals surface area contributed by atoms with E-state index < -0.39 is 0 Å². The van der Waals surface area contributed by atoms with Crippen molar-refractivity contribution >= 4 is 5.97 Å². The molecule has 8 rings (SSSR count). The monoisotopic (exact) mass is 242 g/mol. The summed E-state index contributed by atoms with van der Waals surface area (Å²) in [5, 5.41) is 0. The average molecular weight is 242 g/mol. The van der Waals surface area contributed by atoms with Crippen LogP contribution >= 0.6 is 0 Å². The first-order valence-corrected chi connectivity index (χ1v) is 7.92. The van der Waals surface area contributed by atoms with Crippen LogP contribution in [-0.4, -0.2) is 13.1 Å². The summed E-state index contributed by atoms with van der Waals surface area (Å²) in [4.78, 5) is 12.2. The third-order valence-corrected chi connectivity index (χ3v) is 9.16. The number of hydrogen-bond acceptors (Lipinski definition) is 2.